The van der Waals surface area contributed by atoms with Gasteiger partial charge >= 0.3 is 5.97 Å². The standard InChI is InChI=1S/C22H27FO5/c1-15(2)28-21(22(24)25)14-17-6-4-7-19(13-17)26-10-5-11-27-20-9-8-18(23)12-16(20)3/h4,6-9,12-13,15,21H,5,10-11,14H2,1-3H3,(H,24,25)/t21-/m0/s1. The molecule has 0 spiro atoms. The number of rotatable bonds is 11. The first-order chi connectivity index (χ1) is 13.3. The summed E-state index contributed by atoms with van der Waals surface area (Å²) in [6.45, 7) is 6.33. The summed E-state index contributed by atoms with van der Waals surface area (Å²) in [5.74, 6) is 0.0719. The molecule has 0 saturated carbocycles. The zero-order valence-corrected chi connectivity index (χ0v) is 16.5. The minimum Gasteiger partial charge on any atom is -0.493 e. The summed E-state index contributed by atoms with van der Waals surface area (Å²) >= 11 is 0. The number of carboxylic acid groups (broad SMARTS) is 1. The van der Waals surface area contributed by atoms with E-state index in [4.69, 9.17) is 14.2 Å². The van der Waals surface area contributed by atoms with Gasteiger partial charge in [0.1, 0.15) is 17.3 Å². The molecule has 0 aromatic heterocycles. The lowest BCUT2D eigenvalue weighted by molar-refractivity contribution is -0.153. The van der Waals surface area contributed by atoms with Gasteiger partial charge in [0.25, 0.3) is 0 Å². The van der Waals surface area contributed by atoms with E-state index in [-0.39, 0.29) is 18.3 Å². The molecule has 1 atom stereocenters. The maximum atomic E-state index is 13.1. The number of benzene rings is 2. The van der Waals surface area contributed by atoms with Crippen LogP contribution in [-0.2, 0) is 16.0 Å². The van der Waals surface area contributed by atoms with Crippen LogP contribution >= 0.6 is 0 Å². The molecule has 152 valence electrons. The van der Waals surface area contributed by atoms with Crippen LogP contribution in [-0.4, -0.2) is 36.5 Å². The van der Waals surface area contributed by atoms with Gasteiger partial charge in [-0.05, 0) is 62.2 Å². The lowest BCUT2D eigenvalue weighted by Gasteiger charge is -2.17. The normalized spacial score (nSPS) is 12.0. The largest absolute Gasteiger partial charge is 0.493 e. The van der Waals surface area contributed by atoms with Crippen molar-refractivity contribution in [1.29, 1.82) is 0 Å². The molecule has 2 rings (SSSR count). The minimum atomic E-state index is -0.978. The second kappa shape index (κ2) is 10.7. The molecule has 5 nitrogen and oxygen atoms in total. The van der Waals surface area contributed by atoms with Gasteiger partial charge in [-0.25, -0.2) is 9.18 Å². The van der Waals surface area contributed by atoms with Crippen LogP contribution in [0.3, 0.4) is 0 Å². The Morgan fingerprint density at radius 3 is 2.54 bits per heavy atom. The SMILES string of the molecule is Cc1cc(F)ccc1OCCCOc1cccc(C[C@H](OC(C)C)C(=O)O)c1. The van der Waals surface area contributed by atoms with Crippen LogP contribution in [0.25, 0.3) is 0 Å². The minimum absolute atomic E-state index is 0.162. The van der Waals surface area contributed by atoms with E-state index >= 15 is 0 Å². The Morgan fingerprint density at radius 2 is 1.86 bits per heavy atom. The zero-order chi connectivity index (χ0) is 20.5. The van der Waals surface area contributed by atoms with Gasteiger partial charge in [-0.15, -0.1) is 0 Å². The molecule has 28 heavy (non-hydrogen) atoms. The summed E-state index contributed by atoms with van der Waals surface area (Å²) in [7, 11) is 0. The van der Waals surface area contributed by atoms with Crippen molar-refractivity contribution in [1.82, 2.24) is 0 Å². The fourth-order valence-electron chi connectivity index (χ4n) is 2.70. The van der Waals surface area contributed by atoms with E-state index in [9.17, 15) is 14.3 Å². The van der Waals surface area contributed by atoms with Gasteiger partial charge in [-0.3, -0.25) is 0 Å². The number of carbonyl (C=O) groups is 1. The number of ether oxygens (including phenoxy) is 3. The molecule has 0 radical (unpaired) electrons. The third-order valence-corrected chi connectivity index (χ3v) is 3.98. The molecule has 6 heteroatoms. The molecule has 0 heterocycles. The molecule has 2 aromatic carbocycles. The van der Waals surface area contributed by atoms with Crippen LogP contribution in [0.5, 0.6) is 11.5 Å². The third kappa shape index (κ3) is 7.19. The van der Waals surface area contributed by atoms with Crippen molar-refractivity contribution in [2.75, 3.05) is 13.2 Å². The average Bonchev–Trinajstić information content (AvgIpc) is 2.62. The van der Waals surface area contributed by atoms with Gasteiger partial charge in [0.15, 0.2) is 6.10 Å². The maximum absolute atomic E-state index is 13.1. The van der Waals surface area contributed by atoms with Crippen molar-refractivity contribution >= 4 is 5.97 Å². The topological polar surface area (TPSA) is 65.0 Å². The second-order valence-corrected chi connectivity index (χ2v) is 6.82. The average molecular weight is 390 g/mol. The Balaban J connectivity index is 1.80. The van der Waals surface area contributed by atoms with Crippen molar-refractivity contribution in [2.45, 2.75) is 45.8 Å². The zero-order valence-electron chi connectivity index (χ0n) is 16.5. The summed E-state index contributed by atoms with van der Waals surface area (Å²) in [6.07, 6.45) is -0.111. The van der Waals surface area contributed by atoms with Crippen LogP contribution in [0.4, 0.5) is 4.39 Å². The second-order valence-electron chi connectivity index (χ2n) is 6.82. The maximum Gasteiger partial charge on any atom is 0.333 e. The Kier molecular flexibility index (Phi) is 8.26. The van der Waals surface area contributed by atoms with Crippen molar-refractivity contribution < 1.29 is 28.5 Å². The summed E-state index contributed by atoms with van der Waals surface area (Å²) in [5.41, 5.74) is 1.59. The molecule has 2 aromatic rings. The molecule has 0 aliphatic carbocycles. The van der Waals surface area contributed by atoms with Crippen LogP contribution in [0, 0.1) is 12.7 Å². The van der Waals surface area contributed by atoms with Gasteiger partial charge < -0.3 is 19.3 Å². The van der Waals surface area contributed by atoms with E-state index in [1.54, 1.807) is 13.0 Å². The van der Waals surface area contributed by atoms with Crippen molar-refractivity contribution in [2.24, 2.45) is 0 Å². The van der Waals surface area contributed by atoms with Crippen LogP contribution in [0.1, 0.15) is 31.4 Å². The molecule has 0 aliphatic heterocycles. The highest BCUT2D eigenvalue weighted by Crippen LogP contribution is 2.19. The Bertz CT molecular complexity index is 775. The van der Waals surface area contributed by atoms with Gasteiger partial charge in [-0.1, -0.05) is 12.1 Å². The van der Waals surface area contributed by atoms with E-state index in [0.29, 0.717) is 31.1 Å². The lowest BCUT2D eigenvalue weighted by Crippen LogP contribution is -2.29. The van der Waals surface area contributed by atoms with Gasteiger partial charge in [0.05, 0.1) is 19.3 Å². The molecule has 0 amide bonds. The Morgan fingerprint density at radius 1 is 1.11 bits per heavy atom. The van der Waals surface area contributed by atoms with Crippen molar-refractivity contribution in [3.05, 3.63) is 59.4 Å². The van der Waals surface area contributed by atoms with Gasteiger partial charge in [-0.2, -0.15) is 0 Å². The molecular formula is C22H27FO5. The highest BCUT2D eigenvalue weighted by atomic mass is 19.1. The highest BCUT2D eigenvalue weighted by Gasteiger charge is 2.20. The van der Waals surface area contributed by atoms with E-state index in [0.717, 1.165) is 11.1 Å². The van der Waals surface area contributed by atoms with E-state index in [1.165, 1.54) is 12.1 Å². The molecule has 0 fully saturated rings. The quantitative estimate of drug-likeness (QED) is 0.576. The number of hydrogen-bond acceptors (Lipinski definition) is 4. The first kappa shape index (κ1) is 21.7. The van der Waals surface area contributed by atoms with Crippen LogP contribution < -0.4 is 9.47 Å². The van der Waals surface area contributed by atoms with Gasteiger partial charge in [0, 0.05) is 12.8 Å². The molecule has 1 N–H and O–H groups in total. The molecule has 0 aliphatic rings. The molecule has 0 unspecified atom stereocenters. The third-order valence-electron chi connectivity index (χ3n) is 3.98. The van der Waals surface area contributed by atoms with Crippen molar-refractivity contribution in [3.8, 4) is 11.5 Å². The van der Waals surface area contributed by atoms with E-state index in [1.807, 2.05) is 38.1 Å². The Labute approximate surface area is 165 Å². The predicted octanol–water partition coefficient (Wildman–Crippen LogP) is 4.40. The molecule has 0 saturated heterocycles. The smallest absolute Gasteiger partial charge is 0.333 e. The summed E-state index contributed by atoms with van der Waals surface area (Å²) in [6, 6.07) is 11.8. The Hall–Kier alpha value is -2.60. The van der Waals surface area contributed by atoms with Crippen LogP contribution in [0.15, 0.2) is 42.5 Å². The summed E-state index contributed by atoms with van der Waals surface area (Å²) in [5, 5.41) is 9.29. The number of aliphatic carboxylic acids is 1. The number of carboxylic acids is 1. The fraction of sp³-hybridized carbons (Fsp3) is 0.409. The first-order valence-electron chi connectivity index (χ1n) is 9.34. The van der Waals surface area contributed by atoms with Crippen molar-refractivity contribution in [3.63, 3.8) is 0 Å². The summed E-state index contributed by atoms with van der Waals surface area (Å²) < 4.78 is 29.9. The number of halogens is 1. The fourth-order valence-corrected chi connectivity index (χ4v) is 2.70. The monoisotopic (exact) mass is 390 g/mol. The lowest BCUT2D eigenvalue weighted by atomic mass is 10.1. The predicted molar refractivity (Wildman–Crippen MR) is 105 cm³/mol. The van der Waals surface area contributed by atoms with Gasteiger partial charge in [0.2, 0.25) is 0 Å². The van der Waals surface area contributed by atoms with E-state index < -0.39 is 12.1 Å². The number of hydrogen-bond donors (Lipinski definition) is 1. The number of aryl methyl sites for hydroxylation is 1. The first-order valence-corrected chi connectivity index (χ1v) is 9.34. The summed E-state index contributed by atoms with van der Waals surface area (Å²) in [4.78, 5) is 11.3. The van der Waals surface area contributed by atoms with E-state index in [2.05, 4.69) is 0 Å². The molecule has 0 bridgehead atoms. The highest BCUT2D eigenvalue weighted by molar-refractivity contribution is 5.72. The molecular weight excluding hydrogens is 363 g/mol. The van der Waals surface area contributed by atoms with Crippen LogP contribution in [0.2, 0.25) is 0 Å².